The number of carbonyl (C=O) groups is 1. The normalized spacial score (nSPS) is 24.3. The minimum absolute atomic E-state index is 0.0639. The van der Waals surface area contributed by atoms with E-state index in [0.29, 0.717) is 23.8 Å². The highest BCUT2D eigenvalue weighted by Gasteiger charge is 2.55. The van der Waals surface area contributed by atoms with Gasteiger partial charge >= 0.3 is 0 Å². The van der Waals surface area contributed by atoms with Crippen molar-refractivity contribution in [2.24, 2.45) is 17.1 Å². The van der Waals surface area contributed by atoms with Gasteiger partial charge in [0, 0.05) is 23.5 Å². The lowest BCUT2D eigenvalue weighted by molar-refractivity contribution is 0.0994. The number of nitrogens with two attached hydrogens (primary N) is 1. The maximum Gasteiger partial charge on any atom is 0.252 e. The summed E-state index contributed by atoms with van der Waals surface area (Å²) in [7, 11) is 0. The van der Waals surface area contributed by atoms with Crippen LogP contribution in [-0.4, -0.2) is 36.7 Å². The molecule has 0 spiro atoms. The smallest absolute Gasteiger partial charge is 0.252 e. The number of rotatable bonds is 6. The summed E-state index contributed by atoms with van der Waals surface area (Å²) in [6.45, 7) is 6.60. The Bertz CT molecular complexity index is 852. The highest BCUT2D eigenvalue weighted by molar-refractivity contribution is 6.01. The number of primary amides is 1. The first-order valence-corrected chi connectivity index (χ1v) is 9.21. The molecule has 4 rings (SSSR count). The zero-order valence-electron chi connectivity index (χ0n) is 15.2. The number of nitrogens with one attached hydrogen (secondary N) is 1. The number of hydrogen-bond acceptors (Lipinski definition) is 5. The molecule has 1 aliphatic heterocycles. The van der Waals surface area contributed by atoms with Gasteiger partial charge in [-0.05, 0) is 62.7 Å². The van der Waals surface area contributed by atoms with E-state index in [1.165, 1.54) is 12.8 Å². The number of aromatic nitrogens is 1. The number of ether oxygens (including phenoxy) is 2. The number of fused-ring (bicyclic) bond motifs is 2. The molecule has 0 unspecified atom stereocenters. The zero-order valence-corrected chi connectivity index (χ0v) is 15.2. The Morgan fingerprint density at radius 3 is 3.04 bits per heavy atom. The van der Waals surface area contributed by atoms with Crippen molar-refractivity contribution < 1.29 is 14.3 Å². The maximum atomic E-state index is 11.8. The van der Waals surface area contributed by atoms with Crippen molar-refractivity contribution in [1.29, 1.82) is 0 Å². The number of nitrogens with zero attached hydrogens (tertiary/aromatic N) is 1. The highest BCUT2D eigenvalue weighted by atomic mass is 16.5. The lowest BCUT2D eigenvalue weighted by Gasteiger charge is -2.23. The summed E-state index contributed by atoms with van der Waals surface area (Å²) < 4.78 is 11.9. The predicted molar refractivity (Wildman–Crippen MR) is 99.5 cm³/mol. The monoisotopic (exact) mass is 355 g/mol. The van der Waals surface area contributed by atoms with Crippen LogP contribution in [0.4, 0.5) is 0 Å². The Morgan fingerprint density at radius 1 is 1.46 bits per heavy atom. The SMILES string of the molecule is CC(C)Oc1cc2c(OC[C@]34CNCC[C@H]3C4)nccc2cc1C(N)=O. The van der Waals surface area contributed by atoms with Crippen molar-refractivity contribution in [2.75, 3.05) is 19.7 Å². The highest BCUT2D eigenvalue weighted by Crippen LogP contribution is 2.55. The molecule has 0 bridgehead atoms. The third-order valence-electron chi connectivity index (χ3n) is 5.46. The first kappa shape index (κ1) is 17.1. The Labute approximate surface area is 153 Å². The molecular formula is C20H25N3O3. The number of carbonyl (C=O) groups excluding carboxylic acids is 1. The van der Waals surface area contributed by atoms with Crippen LogP contribution in [-0.2, 0) is 0 Å². The van der Waals surface area contributed by atoms with Crippen LogP contribution in [0.2, 0.25) is 0 Å². The van der Waals surface area contributed by atoms with E-state index in [0.717, 1.165) is 29.8 Å². The quantitative estimate of drug-likeness (QED) is 0.831. The van der Waals surface area contributed by atoms with Crippen LogP contribution >= 0.6 is 0 Å². The predicted octanol–water partition coefficient (Wildman–Crippen LogP) is 2.50. The first-order valence-electron chi connectivity index (χ1n) is 9.21. The molecule has 26 heavy (non-hydrogen) atoms. The Hall–Kier alpha value is -2.34. The molecule has 2 aliphatic rings. The van der Waals surface area contributed by atoms with Gasteiger partial charge in [0.25, 0.3) is 5.91 Å². The van der Waals surface area contributed by atoms with E-state index in [-0.39, 0.29) is 11.5 Å². The van der Waals surface area contributed by atoms with Crippen LogP contribution in [0.5, 0.6) is 11.6 Å². The van der Waals surface area contributed by atoms with E-state index in [1.54, 1.807) is 12.3 Å². The molecule has 0 radical (unpaired) electrons. The summed E-state index contributed by atoms with van der Waals surface area (Å²) in [6.07, 6.45) is 4.08. The fourth-order valence-corrected chi connectivity index (χ4v) is 3.94. The van der Waals surface area contributed by atoms with E-state index < -0.39 is 5.91 Å². The Balaban J connectivity index is 1.65. The molecule has 1 saturated heterocycles. The summed E-state index contributed by atoms with van der Waals surface area (Å²) in [5.74, 6) is 1.31. The molecule has 2 fully saturated rings. The van der Waals surface area contributed by atoms with Crippen LogP contribution in [0, 0.1) is 11.3 Å². The van der Waals surface area contributed by atoms with Gasteiger partial charge in [-0.25, -0.2) is 4.98 Å². The van der Waals surface area contributed by atoms with Crippen LogP contribution in [0.15, 0.2) is 24.4 Å². The molecule has 2 aromatic rings. The summed E-state index contributed by atoms with van der Waals surface area (Å²) >= 11 is 0. The van der Waals surface area contributed by atoms with Crippen molar-refractivity contribution in [2.45, 2.75) is 32.8 Å². The summed E-state index contributed by atoms with van der Waals surface area (Å²) in [5.41, 5.74) is 6.16. The lowest BCUT2D eigenvalue weighted by Crippen LogP contribution is -2.35. The van der Waals surface area contributed by atoms with Crippen LogP contribution < -0.4 is 20.5 Å². The minimum Gasteiger partial charge on any atom is -0.490 e. The molecular weight excluding hydrogens is 330 g/mol. The van der Waals surface area contributed by atoms with Crippen LogP contribution in [0.1, 0.15) is 37.0 Å². The zero-order chi connectivity index (χ0) is 18.3. The van der Waals surface area contributed by atoms with Crippen molar-refractivity contribution in [3.05, 3.63) is 30.0 Å². The van der Waals surface area contributed by atoms with Crippen molar-refractivity contribution in [3.8, 4) is 11.6 Å². The summed E-state index contributed by atoms with van der Waals surface area (Å²) in [4.78, 5) is 16.2. The number of pyridine rings is 1. The van der Waals surface area contributed by atoms with E-state index in [2.05, 4.69) is 10.3 Å². The van der Waals surface area contributed by atoms with Gasteiger partial charge in [0.15, 0.2) is 0 Å². The number of piperidine rings is 1. The molecule has 1 aromatic carbocycles. The van der Waals surface area contributed by atoms with Crippen molar-refractivity contribution in [1.82, 2.24) is 10.3 Å². The maximum absolute atomic E-state index is 11.8. The molecule has 6 heteroatoms. The van der Waals surface area contributed by atoms with E-state index in [9.17, 15) is 4.79 Å². The Kier molecular flexibility index (Phi) is 4.23. The largest absolute Gasteiger partial charge is 0.490 e. The van der Waals surface area contributed by atoms with Crippen LogP contribution in [0.25, 0.3) is 10.8 Å². The topological polar surface area (TPSA) is 86.5 Å². The molecule has 138 valence electrons. The van der Waals surface area contributed by atoms with E-state index in [4.69, 9.17) is 15.2 Å². The standard InChI is InChI=1S/C20H25N3O3/c1-12(2)26-17-8-15-13(7-16(17)18(21)24)3-6-23-19(15)25-11-20-9-14(20)4-5-22-10-20/h3,6-8,12,14,22H,4-5,9-11H2,1-2H3,(H2,21,24)/t14-,20-/m0/s1. The molecule has 1 aromatic heterocycles. The fraction of sp³-hybridized carbons (Fsp3) is 0.500. The molecule has 6 nitrogen and oxygen atoms in total. The van der Waals surface area contributed by atoms with Gasteiger partial charge in [0.2, 0.25) is 5.88 Å². The fourth-order valence-electron chi connectivity index (χ4n) is 3.94. The van der Waals surface area contributed by atoms with Gasteiger partial charge in [-0.15, -0.1) is 0 Å². The second-order valence-electron chi connectivity index (χ2n) is 7.73. The van der Waals surface area contributed by atoms with Crippen molar-refractivity contribution >= 4 is 16.7 Å². The van der Waals surface area contributed by atoms with Crippen LogP contribution in [0.3, 0.4) is 0 Å². The van der Waals surface area contributed by atoms with Gasteiger partial charge in [-0.1, -0.05) is 0 Å². The average molecular weight is 355 g/mol. The molecule has 2 heterocycles. The van der Waals surface area contributed by atoms with Gasteiger partial charge in [0.1, 0.15) is 5.75 Å². The first-order chi connectivity index (χ1) is 12.5. The van der Waals surface area contributed by atoms with Crippen molar-refractivity contribution in [3.63, 3.8) is 0 Å². The number of hydrogen-bond donors (Lipinski definition) is 2. The summed E-state index contributed by atoms with van der Waals surface area (Å²) in [6, 6.07) is 5.43. The number of amides is 1. The molecule has 2 atom stereocenters. The second-order valence-corrected chi connectivity index (χ2v) is 7.73. The van der Waals surface area contributed by atoms with E-state index >= 15 is 0 Å². The minimum atomic E-state index is -0.505. The molecule has 1 aliphatic carbocycles. The molecule has 3 N–H and O–H groups in total. The molecule has 1 saturated carbocycles. The lowest BCUT2D eigenvalue weighted by atomic mass is 10.00. The van der Waals surface area contributed by atoms with Gasteiger partial charge in [0.05, 0.1) is 18.3 Å². The number of benzene rings is 1. The second kappa shape index (κ2) is 6.43. The Morgan fingerprint density at radius 2 is 2.31 bits per heavy atom. The molecule has 1 amide bonds. The van der Waals surface area contributed by atoms with Gasteiger partial charge in [-0.3, -0.25) is 4.79 Å². The van der Waals surface area contributed by atoms with E-state index in [1.807, 2.05) is 26.0 Å². The third kappa shape index (κ3) is 3.09. The average Bonchev–Trinajstić information content (AvgIpc) is 3.33. The summed E-state index contributed by atoms with van der Waals surface area (Å²) in [5, 5.41) is 5.17. The van der Waals surface area contributed by atoms with Gasteiger partial charge < -0.3 is 20.5 Å². The van der Waals surface area contributed by atoms with Gasteiger partial charge in [-0.2, -0.15) is 0 Å². The third-order valence-corrected chi connectivity index (χ3v) is 5.46.